The molecule has 1 heterocycles. The van der Waals surface area contributed by atoms with Gasteiger partial charge in [0.05, 0.1) is 11.8 Å². The summed E-state index contributed by atoms with van der Waals surface area (Å²) in [6, 6.07) is -0.934. The monoisotopic (exact) mass is 414 g/mol. The number of alkyl halides is 3. The van der Waals surface area contributed by atoms with Gasteiger partial charge in [-0.1, -0.05) is 39.9 Å². The van der Waals surface area contributed by atoms with Crippen molar-refractivity contribution in [2.45, 2.75) is 61.4 Å². The van der Waals surface area contributed by atoms with Gasteiger partial charge < -0.3 is 19.6 Å². The van der Waals surface area contributed by atoms with Crippen LogP contribution in [0.2, 0.25) is 0 Å². The predicted molar refractivity (Wildman–Crippen MR) is 91.0 cm³/mol. The lowest BCUT2D eigenvalue weighted by Gasteiger charge is -2.43. The van der Waals surface area contributed by atoms with Crippen molar-refractivity contribution in [2.75, 3.05) is 0 Å². The minimum absolute atomic E-state index is 0.195. The molecular weight excluding hydrogens is 399 g/mol. The van der Waals surface area contributed by atoms with Gasteiger partial charge in [0.1, 0.15) is 12.1 Å². The number of esters is 2. The van der Waals surface area contributed by atoms with Crippen molar-refractivity contribution in [1.29, 1.82) is 5.41 Å². The maximum Gasteiger partial charge on any atom is 0.303 e. The van der Waals surface area contributed by atoms with E-state index in [1.165, 1.54) is 0 Å². The van der Waals surface area contributed by atoms with Gasteiger partial charge in [-0.3, -0.25) is 9.59 Å². The van der Waals surface area contributed by atoms with E-state index in [0.29, 0.717) is 0 Å². The molecule has 0 spiro atoms. The van der Waals surface area contributed by atoms with Crippen LogP contribution in [-0.4, -0.2) is 51.9 Å². The fourth-order valence-corrected chi connectivity index (χ4v) is 2.70. The van der Waals surface area contributed by atoms with Gasteiger partial charge in [0.15, 0.2) is 12.2 Å². The lowest BCUT2D eigenvalue weighted by molar-refractivity contribution is -0.208. The highest BCUT2D eigenvalue weighted by atomic mass is 35.6. The number of azide groups is 1. The molecule has 1 aliphatic heterocycles. The van der Waals surface area contributed by atoms with Gasteiger partial charge in [0.25, 0.3) is 0 Å². The van der Waals surface area contributed by atoms with Crippen LogP contribution in [0.1, 0.15) is 27.2 Å². The van der Waals surface area contributed by atoms with Crippen molar-refractivity contribution in [3.63, 3.8) is 0 Å². The first-order valence-electron chi connectivity index (χ1n) is 7.16. The Morgan fingerprint density at radius 1 is 1.24 bits per heavy atom. The van der Waals surface area contributed by atoms with Crippen molar-refractivity contribution in [2.24, 2.45) is 5.11 Å². The number of hydrogen-bond donors (Lipinski definition) is 1. The first kappa shape index (κ1) is 21.8. The van der Waals surface area contributed by atoms with E-state index in [1.807, 2.05) is 0 Å². The third kappa shape index (κ3) is 6.20. The molecule has 140 valence electrons. The molecule has 1 fully saturated rings. The first-order chi connectivity index (χ1) is 11.5. The van der Waals surface area contributed by atoms with E-state index in [2.05, 4.69) is 10.0 Å². The van der Waals surface area contributed by atoms with E-state index < -0.39 is 46.2 Å². The Kier molecular flexibility index (Phi) is 7.77. The molecule has 9 nitrogen and oxygen atoms in total. The molecule has 2 unspecified atom stereocenters. The number of nitrogens with zero attached hydrogens (tertiary/aromatic N) is 3. The van der Waals surface area contributed by atoms with Crippen LogP contribution < -0.4 is 0 Å². The zero-order chi connectivity index (χ0) is 19.4. The van der Waals surface area contributed by atoms with E-state index >= 15 is 0 Å². The molecule has 0 saturated carbocycles. The van der Waals surface area contributed by atoms with Crippen molar-refractivity contribution in [1.82, 2.24) is 0 Å². The fourth-order valence-electron chi connectivity index (χ4n) is 2.47. The molecule has 1 N–H and O–H groups in total. The predicted octanol–water partition coefficient (Wildman–Crippen LogP) is 3.10. The Morgan fingerprint density at radius 3 is 2.20 bits per heavy atom. The Hall–Kier alpha value is -1.25. The Morgan fingerprint density at radius 2 is 1.76 bits per heavy atom. The third-order valence-electron chi connectivity index (χ3n) is 3.43. The summed E-state index contributed by atoms with van der Waals surface area (Å²) in [5.41, 5.74) is 8.45. The van der Waals surface area contributed by atoms with Gasteiger partial charge in [-0.25, -0.2) is 0 Å². The number of nitrogens with one attached hydrogen (secondary N) is 1. The molecule has 1 rings (SSSR count). The molecule has 0 aliphatic carbocycles. The molecule has 0 aromatic carbocycles. The minimum Gasteiger partial charge on any atom is -0.458 e. The van der Waals surface area contributed by atoms with Crippen LogP contribution in [0.25, 0.3) is 10.4 Å². The fraction of sp³-hybridized carbons (Fsp3) is 0.769. The second kappa shape index (κ2) is 8.91. The van der Waals surface area contributed by atoms with E-state index in [-0.39, 0.29) is 12.1 Å². The molecule has 1 aliphatic rings. The second-order valence-electron chi connectivity index (χ2n) is 5.40. The average Bonchev–Trinajstić information content (AvgIpc) is 2.44. The molecule has 25 heavy (non-hydrogen) atoms. The van der Waals surface area contributed by atoms with Crippen molar-refractivity contribution in [3.05, 3.63) is 10.4 Å². The van der Waals surface area contributed by atoms with Crippen LogP contribution in [0, 0.1) is 5.41 Å². The zero-order valence-electron chi connectivity index (χ0n) is 13.6. The van der Waals surface area contributed by atoms with E-state index in [1.54, 1.807) is 6.92 Å². The quantitative estimate of drug-likeness (QED) is 0.184. The summed E-state index contributed by atoms with van der Waals surface area (Å²) in [4.78, 5) is 25.6. The highest BCUT2D eigenvalue weighted by Gasteiger charge is 2.49. The number of hydrogen-bond acceptors (Lipinski definition) is 7. The molecule has 0 bridgehead atoms. The second-order valence-corrected chi connectivity index (χ2v) is 7.68. The molecule has 12 heteroatoms. The summed E-state index contributed by atoms with van der Waals surface area (Å²) < 4.78 is 14.1. The van der Waals surface area contributed by atoms with Crippen LogP contribution in [0.5, 0.6) is 0 Å². The standard InChI is InChI=1S/C13H17Cl3N4O5/c1-5-10(19-20-18)12(25-7(3)22)11(24-6(2)21)8(23-5)4-9(17)13(14,15)16/h5,8,10-12,17H,4H2,1-3H3/t5?,8-,10-,11?,12+/m1/s1. The van der Waals surface area contributed by atoms with Crippen LogP contribution in [0.4, 0.5) is 0 Å². The van der Waals surface area contributed by atoms with Crippen LogP contribution in [0.3, 0.4) is 0 Å². The summed E-state index contributed by atoms with van der Waals surface area (Å²) >= 11 is 17.0. The number of ether oxygens (including phenoxy) is 3. The first-order valence-corrected chi connectivity index (χ1v) is 8.29. The number of halogens is 3. The molecule has 0 aromatic heterocycles. The zero-order valence-corrected chi connectivity index (χ0v) is 15.9. The maximum absolute atomic E-state index is 11.5. The Labute approximate surface area is 159 Å². The lowest BCUT2D eigenvalue weighted by Crippen LogP contribution is -2.59. The van der Waals surface area contributed by atoms with Gasteiger partial charge in [0, 0.05) is 25.2 Å². The number of rotatable bonds is 5. The van der Waals surface area contributed by atoms with Gasteiger partial charge in [-0.2, -0.15) is 0 Å². The number of carbonyl (C=O) groups is 2. The van der Waals surface area contributed by atoms with Crippen molar-refractivity contribution in [3.8, 4) is 0 Å². The SMILES string of the molecule is CC(=O)OC1[C@@H](OC(C)=O)[C@H](N=[N+]=[N-])C(C)O[C@@H]1CC(=N)C(Cl)(Cl)Cl. The van der Waals surface area contributed by atoms with Crippen molar-refractivity contribution >= 4 is 52.5 Å². The normalized spacial score (nSPS) is 29.3. The molecule has 0 aromatic rings. The minimum atomic E-state index is -1.97. The summed E-state index contributed by atoms with van der Waals surface area (Å²) in [6.45, 7) is 3.91. The maximum atomic E-state index is 11.5. The molecule has 0 amide bonds. The number of carbonyl (C=O) groups excluding carboxylic acids is 2. The third-order valence-corrected chi connectivity index (χ3v) is 4.12. The average molecular weight is 416 g/mol. The van der Waals surface area contributed by atoms with E-state index in [9.17, 15) is 9.59 Å². The van der Waals surface area contributed by atoms with Crippen LogP contribution in [0.15, 0.2) is 5.11 Å². The highest BCUT2D eigenvalue weighted by Crippen LogP contribution is 2.34. The molecule has 5 atom stereocenters. The largest absolute Gasteiger partial charge is 0.458 e. The molecule has 0 radical (unpaired) electrons. The van der Waals surface area contributed by atoms with Gasteiger partial charge in [-0.15, -0.1) is 0 Å². The van der Waals surface area contributed by atoms with E-state index in [0.717, 1.165) is 13.8 Å². The molecule has 1 saturated heterocycles. The smallest absolute Gasteiger partial charge is 0.303 e. The summed E-state index contributed by atoms with van der Waals surface area (Å²) in [5, 5.41) is 11.4. The summed E-state index contributed by atoms with van der Waals surface area (Å²) in [6.07, 6.45) is -4.06. The lowest BCUT2D eigenvalue weighted by atomic mass is 9.91. The van der Waals surface area contributed by atoms with Crippen LogP contribution >= 0.6 is 34.8 Å². The summed E-state index contributed by atoms with van der Waals surface area (Å²) in [5.74, 6) is -1.34. The van der Waals surface area contributed by atoms with Gasteiger partial charge in [0.2, 0.25) is 3.79 Å². The van der Waals surface area contributed by atoms with E-state index in [4.69, 9.17) is 60.0 Å². The summed E-state index contributed by atoms with van der Waals surface area (Å²) in [7, 11) is 0. The Balaban J connectivity index is 3.22. The van der Waals surface area contributed by atoms with Gasteiger partial charge in [-0.05, 0) is 12.5 Å². The topological polar surface area (TPSA) is 134 Å². The Bertz CT molecular complexity index is 591. The molecular formula is C13H17Cl3N4O5. The van der Waals surface area contributed by atoms with Gasteiger partial charge >= 0.3 is 11.9 Å². The van der Waals surface area contributed by atoms with Crippen LogP contribution in [-0.2, 0) is 23.8 Å². The van der Waals surface area contributed by atoms with Crippen molar-refractivity contribution < 1.29 is 23.8 Å². The highest BCUT2D eigenvalue weighted by molar-refractivity contribution is 6.76.